The molecule has 3 aromatic rings. The smallest absolute Gasteiger partial charge is 0.411 e. The number of amides is 2. The summed E-state index contributed by atoms with van der Waals surface area (Å²) in [5, 5.41) is 5.38. The number of anilines is 2. The van der Waals surface area contributed by atoms with Gasteiger partial charge in [0, 0.05) is 23.9 Å². The fourth-order valence-corrected chi connectivity index (χ4v) is 2.72. The van der Waals surface area contributed by atoms with Crippen molar-refractivity contribution < 1.29 is 19.1 Å². The van der Waals surface area contributed by atoms with E-state index in [1.165, 1.54) is 0 Å². The van der Waals surface area contributed by atoms with Crippen LogP contribution in [-0.4, -0.2) is 35.3 Å². The van der Waals surface area contributed by atoms with E-state index in [0.717, 1.165) is 17.0 Å². The second-order valence-electron chi connectivity index (χ2n) is 6.13. The van der Waals surface area contributed by atoms with Crippen LogP contribution >= 0.6 is 0 Å². The number of hydrogen-bond donors (Lipinski definition) is 2. The molecule has 8 nitrogen and oxygen atoms in total. The van der Waals surface area contributed by atoms with Crippen molar-refractivity contribution in [3.63, 3.8) is 0 Å². The Hall–Kier alpha value is -3.81. The summed E-state index contributed by atoms with van der Waals surface area (Å²) in [6.07, 6.45) is 1.16. The number of carbonyl (C=O) groups excluding carboxylic acids is 2. The Balaban J connectivity index is 1.69. The molecule has 1 aromatic heterocycles. The molecular formula is C21H22N4O4. The highest BCUT2D eigenvalue weighted by molar-refractivity contribution is 6.03. The van der Waals surface area contributed by atoms with Crippen LogP contribution in [0.15, 0.2) is 54.7 Å². The average Bonchev–Trinajstić information content (AvgIpc) is 3.09. The Labute approximate surface area is 168 Å². The maximum Gasteiger partial charge on any atom is 0.411 e. The van der Waals surface area contributed by atoms with Gasteiger partial charge in [-0.25, -0.2) is 9.78 Å². The van der Waals surface area contributed by atoms with E-state index in [2.05, 4.69) is 15.6 Å². The van der Waals surface area contributed by atoms with Crippen molar-refractivity contribution >= 4 is 23.6 Å². The van der Waals surface area contributed by atoms with E-state index < -0.39 is 6.09 Å². The second-order valence-corrected chi connectivity index (χ2v) is 6.13. The largest absolute Gasteiger partial charge is 0.497 e. The number of imidazole rings is 1. The zero-order valence-electron chi connectivity index (χ0n) is 16.4. The van der Waals surface area contributed by atoms with Gasteiger partial charge in [-0.05, 0) is 55.5 Å². The molecule has 150 valence electrons. The zero-order chi connectivity index (χ0) is 20.8. The lowest BCUT2D eigenvalue weighted by molar-refractivity contribution is 0.102. The van der Waals surface area contributed by atoms with Gasteiger partial charge in [0.05, 0.1) is 25.6 Å². The summed E-state index contributed by atoms with van der Waals surface area (Å²) in [5.41, 5.74) is 2.79. The first-order valence-electron chi connectivity index (χ1n) is 9.03. The van der Waals surface area contributed by atoms with Crippen molar-refractivity contribution in [1.29, 1.82) is 0 Å². The standard InChI is InChI=1S/C21H22N4O4/c1-4-29-21(27)23-16-9-5-15(6-10-16)19(26)24-20-22-13-18(25(20)2)14-7-11-17(28-3)12-8-14/h5-13H,4H2,1-3H3,(H,23,27)(H,22,24,26). The minimum absolute atomic E-state index is 0.286. The normalized spacial score (nSPS) is 10.3. The molecule has 2 aromatic carbocycles. The van der Waals surface area contributed by atoms with Crippen LogP contribution in [0.5, 0.6) is 5.75 Å². The molecule has 0 saturated heterocycles. The molecule has 0 aliphatic rings. The molecule has 0 aliphatic heterocycles. The van der Waals surface area contributed by atoms with Crippen LogP contribution in [0.4, 0.5) is 16.4 Å². The molecular weight excluding hydrogens is 372 g/mol. The predicted molar refractivity (Wildman–Crippen MR) is 110 cm³/mol. The van der Waals surface area contributed by atoms with E-state index in [0.29, 0.717) is 17.2 Å². The molecule has 0 saturated carbocycles. The Morgan fingerprint density at radius 1 is 1.03 bits per heavy atom. The Bertz CT molecular complexity index is 995. The van der Waals surface area contributed by atoms with Crippen molar-refractivity contribution in [2.75, 3.05) is 24.4 Å². The number of rotatable bonds is 6. The SMILES string of the molecule is CCOC(=O)Nc1ccc(C(=O)Nc2ncc(-c3ccc(OC)cc3)n2C)cc1. The van der Waals surface area contributed by atoms with Crippen molar-refractivity contribution in [2.24, 2.45) is 7.05 Å². The highest BCUT2D eigenvalue weighted by atomic mass is 16.5. The highest BCUT2D eigenvalue weighted by Crippen LogP contribution is 2.24. The molecule has 1 heterocycles. The molecule has 8 heteroatoms. The van der Waals surface area contributed by atoms with Crippen molar-refractivity contribution in [3.05, 3.63) is 60.3 Å². The van der Waals surface area contributed by atoms with Gasteiger partial charge >= 0.3 is 6.09 Å². The van der Waals surface area contributed by atoms with Crippen molar-refractivity contribution in [3.8, 4) is 17.0 Å². The third-order valence-electron chi connectivity index (χ3n) is 4.27. The van der Waals surface area contributed by atoms with E-state index in [-0.39, 0.29) is 12.5 Å². The van der Waals surface area contributed by atoms with Crippen molar-refractivity contribution in [2.45, 2.75) is 6.92 Å². The Morgan fingerprint density at radius 2 is 1.72 bits per heavy atom. The molecule has 0 fully saturated rings. The van der Waals surface area contributed by atoms with Gasteiger partial charge < -0.3 is 14.0 Å². The lowest BCUT2D eigenvalue weighted by Crippen LogP contribution is -2.16. The van der Waals surface area contributed by atoms with Crippen molar-refractivity contribution in [1.82, 2.24) is 9.55 Å². The first-order chi connectivity index (χ1) is 14.0. The third-order valence-corrected chi connectivity index (χ3v) is 4.27. The number of methoxy groups -OCH3 is 1. The number of aromatic nitrogens is 2. The molecule has 0 spiro atoms. The Kier molecular flexibility index (Phi) is 6.13. The maximum atomic E-state index is 12.5. The molecule has 29 heavy (non-hydrogen) atoms. The first kappa shape index (κ1) is 19.9. The summed E-state index contributed by atoms with van der Waals surface area (Å²) >= 11 is 0. The van der Waals surface area contributed by atoms with Gasteiger partial charge in [-0.15, -0.1) is 0 Å². The summed E-state index contributed by atoms with van der Waals surface area (Å²) in [7, 11) is 3.45. The molecule has 0 unspecified atom stereocenters. The predicted octanol–water partition coefficient (Wildman–Crippen LogP) is 3.92. The van der Waals surface area contributed by atoms with Crippen LogP contribution in [0.1, 0.15) is 17.3 Å². The van der Waals surface area contributed by atoms with E-state index in [9.17, 15) is 9.59 Å². The molecule has 0 aliphatic carbocycles. The maximum absolute atomic E-state index is 12.5. The lowest BCUT2D eigenvalue weighted by atomic mass is 10.1. The first-order valence-corrected chi connectivity index (χ1v) is 9.03. The van der Waals surface area contributed by atoms with Crippen LogP contribution in [0.2, 0.25) is 0 Å². The number of ether oxygens (including phenoxy) is 2. The van der Waals surface area contributed by atoms with Gasteiger partial charge in [-0.1, -0.05) is 0 Å². The fraction of sp³-hybridized carbons (Fsp3) is 0.190. The number of hydrogen-bond acceptors (Lipinski definition) is 5. The highest BCUT2D eigenvalue weighted by Gasteiger charge is 2.13. The molecule has 2 N–H and O–H groups in total. The van der Waals surface area contributed by atoms with Gasteiger partial charge in [-0.2, -0.15) is 0 Å². The molecule has 0 atom stereocenters. The molecule has 3 rings (SSSR count). The van der Waals surface area contributed by atoms with Crippen LogP contribution in [0.25, 0.3) is 11.3 Å². The van der Waals surface area contributed by atoms with Gasteiger partial charge in [0.1, 0.15) is 5.75 Å². The summed E-state index contributed by atoms with van der Waals surface area (Å²) in [6.45, 7) is 2.01. The molecule has 0 radical (unpaired) electrons. The summed E-state index contributed by atoms with van der Waals surface area (Å²) in [5.74, 6) is 0.891. The molecule has 0 bridgehead atoms. The van der Waals surface area contributed by atoms with Gasteiger partial charge in [0.2, 0.25) is 5.95 Å². The second kappa shape index (κ2) is 8.92. The minimum Gasteiger partial charge on any atom is -0.497 e. The molecule has 2 amide bonds. The number of carbonyl (C=O) groups is 2. The van der Waals surface area contributed by atoms with Gasteiger partial charge in [0.15, 0.2) is 0 Å². The van der Waals surface area contributed by atoms with Crippen LogP contribution in [0, 0.1) is 0 Å². The Morgan fingerprint density at radius 3 is 2.34 bits per heavy atom. The third kappa shape index (κ3) is 4.73. The van der Waals surface area contributed by atoms with Crippen LogP contribution < -0.4 is 15.4 Å². The summed E-state index contributed by atoms with van der Waals surface area (Å²) in [6, 6.07) is 14.1. The summed E-state index contributed by atoms with van der Waals surface area (Å²) in [4.78, 5) is 28.3. The average molecular weight is 394 g/mol. The number of nitrogens with one attached hydrogen (secondary N) is 2. The van der Waals surface area contributed by atoms with Gasteiger partial charge in [0.25, 0.3) is 5.91 Å². The van der Waals surface area contributed by atoms with E-state index in [1.54, 1.807) is 49.1 Å². The topological polar surface area (TPSA) is 94.5 Å². The zero-order valence-corrected chi connectivity index (χ0v) is 16.4. The van der Waals surface area contributed by atoms with E-state index in [1.807, 2.05) is 31.3 Å². The number of nitrogens with zero attached hydrogens (tertiary/aromatic N) is 2. The summed E-state index contributed by atoms with van der Waals surface area (Å²) < 4.78 is 11.8. The van der Waals surface area contributed by atoms with E-state index >= 15 is 0 Å². The lowest BCUT2D eigenvalue weighted by Gasteiger charge is -2.09. The number of benzene rings is 2. The quantitative estimate of drug-likeness (QED) is 0.661. The minimum atomic E-state index is -0.538. The van der Waals surface area contributed by atoms with Crippen LogP contribution in [0.3, 0.4) is 0 Å². The monoisotopic (exact) mass is 394 g/mol. The van der Waals surface area contributed by atoms with Gasteiger partial charge in [-0.3, -0.25) is 15.4 Å². The van der Waals surface area contributed by atoms with E-state index in [4.69, 9.17) is 9.47 Å². The fourth-order valence-electron chi connectivity index (χ4n) is 2.72. The van der Waals surface area contributed by atoms with Crippen LogP contribution in [-0.2, 0) is 11.8 Å².